The van der Waals surface area contributed by atoms with Gasteiger partial charge in [-0.25, -0.2) is 0 Å². The first-order chi connectivity index (χ1) is 5.16. The summed E-state index contributed by atoms with van der Waals surface area (Å²) in [6.07, 6.45) is 6.25. The van der Waals surface area contributed by atoms with Gasteiger partial charge in [-0.1, -0.05) is 13.8 Å². The third-order valence-electron chi connectivity index (χ3n) is 1.24. The molecular weight excluding hydrogens is 156 g/mol. The predicted octanol–water partition coefficient (Wildman–Crippen LogP) is 1.90. The molecule has 0 aromatic heterocycles. The fraction of sp³-hybridized carbons (Fsp3) is 0.778. The van der Waals surface area contributed by atoms with Crippen molar-refractivity contribution in [2.45, 2.75) is 38.0 Å². The first-order valence-corrected chi connectivity index (χ1v) is 4.94. The van der Waals surface area contributed by atoms with Crippen molar-refractivity contribution < 1.29 is 5.11 Å². The van der Waals surface area contributed by atoms with Crippen molar-refractivity contribution in [1.82, 2.24) is 0 Å². The standard InChI is InChI=1S/C9H16OS/c1-4-5-6-9(10)7-11-8(2)3/h1,8-10H,5-7H2,2-3H3. The lowest BCUT2D eigenvalue weighted by atomic mass is 10.2. The van der Waals surface area contributed by atoms with E-state index >= 15 is 0 Å². The Morgan fingerprint density at radius 2 is 2.18 bits per heavy atom. The van der Waals surface area contributed by atoms with Crippen LogP contribution in [0.2, 0.25) is 0 Å². The SMILES string of the molecule is C#CCCC(O)CSC(C)C. The molecule has 11 heavy (non-hydrogen) atoms. The van der Waals surface area contributed by atoms with E-state index in [2.05, 4.69) is 19.8 Å². The Kier molecular flexibility index (Phi) is 6.49. The summed E-state index contributed by atoms with van der Waals surface area (Å²) in [5, 5.41) is 9.91. The highest BCUT2D eigenvalue weighted by Gasteiger charge is 2.03. The molecule has 0 radical (unpaired) electrons. The maximum atomic E-state index is 9.31. The van der Waals surface area contributed by atoms with Gasteiger partial charge in [0.25, 0.3) is 0 Å². The predicted molar refractivity (Wildman–Crippen MR) is 51.7 cm³/mol. The molecule has 0 saturated carbocycles. The molecule has 0 aromatic carbocycles. The van der Waals surface area contributed by atoms with Crippen LogP contribution >= 0.6 is 11.8 Å². The molecule has 0 aromatic rings. The van der Waals surface area contributed by atoms with E-state index in [0.29, 0.717) is 11.7 Å². The van der Waals surface area contributed by atoms with Gasteiger partial charge in [0.1, 0.15) is 0 Å². The van der Waals surface area contributed by atoms with E-state index in [0.717, 1.165) is 12.2 Å². The van der Waals surface area contributed by atoms with E-state index in [-0.39, 0.29) is 6.10 Å². The van der Waals surface area contributed by atoms with Gasteiger partial charge in [0.2, 0.25) is 0 Å². The van der Waals surface area contributed by atoms with Crippen LogP contribution in [0.4, 0.5) is 0 Å². The van der Waals surface area contributed by atoms with E-state index in [9.17, 15) is 5.11 Å². The number of hydrogen-bond acceptors (Lipinski definition) is 2. The Hall–Kier alpha value is -0.130. The molecule has 2 heteroatoms. The zero-order valence-electron chi connectivity index (χ0n) is 7.21. The number of aliphatic hydroxyl groups is 1. The molecule has 0 aliphatic carbocycles. The second kappa shape index (κ2) is 6.57. The smallest absolute Gasteiger partial charge is 0.0639 e. The third kappa shape index (κ3) is 7.77. The van der Waals surface area contributed by atoms with Crippen molar-refractivity contribution >= 4 is 11.8 Å². The highest BCUT2D eigenvalue weighted by atomic mass is 32.2. The summed E-state index contributed by atoms with van der Waals surface area (Å²) in [7, 11) is 0. The molecule has 0 rings (SSSR count). The Balaban J connectivity index is 3.23. The number of hydrogen-bond donors (Lipinski definition) is 1. The molecule has 1 atom stereocenters. The number of terminal acetylenes is 1. The van der Waals surface area contributed by atoms with Gasteiger partial charge in [0, 0.05) is 12.2 Å². The zero-order valence-corrected chi connectivity index (χ0v) is 8.03. The van der Waals surface area contributed by atoms with Gasteiger partial charge in [0.15, 0.2) is 0 Å². The van der Waals surface area contributed by atoms with Crippen LogP contribution < -0.4 is 0 Å². The van der Waals surface area contributed by atoms with Gasteiger partial charge in [-0.3, -0.25) is 0 Å². The van der Waals surface area contributed by atoms with Gasteiger partial charge in [-0.05, 0) is 11.7 Å². The zero-order chi connectivity index (χ0) is 8.69. The normalized spacial score (nSPS) is 13.0. The lowest BCUT2D eigenvalue weighted by Crippen LogP contribution is -2.10. The molecule has 1 N–H and O–H groups in total. The quantitative estimate of drug-likeness (QED) is 0.639. The van der Waals surface area contributed by atoms with E-state index in [1.165, 1.54) is 0 Å². The number of rotatable bonds is 5. The summed E-state index contributed by atoms with van der Waals surface area (Å²) in [6.45, 7) is 4.25. The first-order valence-electron chi connectivity index (χ1n) is 3.90. The minimum atomic E-state index is -0.224. The van der Waals surface area contributed by atoms with E-state index in [1.54, 1.807) is 11.8 Å². The number of aliphatic hydroxyl groups excluding tert-OH is 1. The van der Waals surface area contributed by atoms with Crippen LogP contribution in [0.1, 0.15) is 26.7 Å². The summed E-state index contributed by atoms with van der Waals surface area (Å²) >= 11 is 1.77. The molecule has 0 bridgehead atoms. The van der Waals surface area contributed by atoms with Gasteiger partial charge >= 0.3 is 0 Å². The highest BCUT2D eigenvalue weighted by Crippen LogP contribution is 2.12. The molecule has 1 unspecified atom stereocenters. The van der Waals surface area contributed by atoms with Crippen molar-refractivity contribution in [1.29, 1.82) is 0 Å². The Morgan fingerprint density at radius 3 is 2.64 bits per heavy atom. The molecule has 0 saturated heterocycles. The van der Waals surface area contributed by atoms with Crippen molar-refractivity contribution in [2.75, 3.05) is 5.75 Å². The lowest BCUT2D eigenvalue weighted by Gasteiger charge is -2.09. The van der Waals surface area contributed by atoms with E-state index < -0.39 is 0 Å². The minimum Gasteiger partial charge on any atom is -0.392 e. The summed E-state index contributed by atoms with van der Waals surface area (Å²) in [6, 6.07) is 0. The average molecular weight is 172 g/mol. The van der Waals surface area contributed by atoms with Crippen LogP contribution in [-0.2, 0) is 0 Å². The van der Waals surface area contributed by atoms with Gasteiger partial charge in [0.05, 0.1) is 6.10 Å². The summed E-state index contributed by atoms with van der Waals surface area (Å²) < 4.78 is 0. The molecule has 0 aliphatic heterocycles. The monoisotopic (exact) mass is 172 g/mol. The molecule has 1 nitrogen and oxygen atoms in total. The fourth-order valence-corrected chi connectivity index (χ4v) is 1.41. The van der Waals surface area contributed by atoms with Crippen molar-refractivity contribution in [3.05, 3.63) is 0 Å². The topological polar surface area (TPSA) is 20.2 Å². The van der Waals surface area contributed by atoms with Crippen LogP contribution in [0.15, 0.2) is 0 Å². The minimum absolute atomic E-state index is 0.224. The van der Waals surface area contributed by atoms with Crippen LogP contribution in [0.3, 0.4) is 0 Å². The summed E-state index contributed by atoms with van der Waals surface area (Å²) in [5.41, 5.74) is 0. The van der Waals surface area contributed by atoms with Gasteiger partial charge in [-0.2, -0.15) is 11.8 Å². The van der Waals surface area contributed by atoms with Crippen LogP contribution in [0.5, 0.6) is 0 Å². The Labute approximate surface area is 73.6 Å². The summed E-state index contributed by atoms with van der Waals surface area (Å²) in [5.74, 6) is 3.32. The second-order valence-corrected chi connectivity index (χ2v) is 4.39. The molecule has 0 amide bonds. The maximum absolute atomic E-state index is 9.31. The van der Waals surface area contributed by atoms with E-state index in [4.69, 9.17) is 6.42 Å². The molecule has 0 aliphatic rings. The Bertz CT molecular complexity index is 126. The third-order valence-corrected chi connectivity index (χ3v) is 2.49. The van der Waals surface area contributed by atoms with Crippen molar-refractivity contribution in [2.24, 2.45) is 0 Å². The lowest BCUT2D eigenvalue weighted by molar-refractivity contribution is 0.191. The molecule has 0 spiro atoms. The van der Waals surface area contributed by atoms with E-state index in [1.807, 2.05) is 0 Å². The van der Waals surface area contributed by atoms with Crippen LogP contribution in [-0.4, -0.2) is 22.2 Å². The average Bonchev–Trinajstić information content (AvgIpc) is 1.97. The number of thioether (sulfide) groups is 1. The highest BCUT2D eigenvalue weighted by molar-refractivity contribution is 7.99. The van der Waals surface area contributed by atoms with Crippen molar-refractivity contribution in [3.8, 4) is 12.3 Å². The Morgan fingerprint density at radius 1 is 1.55 bits per heavy atom. The molecule has 0 fully saturated rings. The van der Waals surface area contributed by atoms with Gasteiger partial charge in [-0.15, -0.1) is 12.3 Å². The molecular formula is C9H16OS. The fourth-order valence-electron chi connectivity index (χ4n) is 0.637. The van der Waals surface area contributed by atoms with Crippen molar-refractivity contribution in [3.63, 3.8) is 0 Å². The first kappa shape index (κ1) is 10.9. The summed E-state index contributed by atoms with van der Waals surface area (Å²) in [4.78, 5) is 0. The molecule has 0 heterocycles. The second-order valence-electron chi connectivity index (χ2n) is 2.78. The van der Waals surface area contributed by atoms with Crippen LogP contribution in [0, 0.1) is 12.3 Å². The maximum Gasteiger partial charge on any atom is 0.0639 e. The molecule has 64 valence electrons. The largest absolute Gasteiger partial charge is 0.392 e. The van der Waals surface area contributed by atoms with Gasteiger partial charge < -0.3 is 5.11 Å². The van der Waals surface area contributed by atoms with Crippen LogP contribution in [0.25, 0.3) is 0 Å².